The van der Waals surface area contributed by atoms with Crippen LogP contribution in [0.15, 0.2) is 28.9 Å². The van der Waals surface area contributed by atoms with Gasteiger partial charge in [-0.2, -0.15) is 0 Å². The average Bonchev–Trinajstić information content (AvgIpc) is 3.16. The Morgan fingerprint density at radius 1 is 1.38 bits per heavy atom. The van der Waals surface area contributed by atoms with Gasteiger partial charge in [0, 0.05) is 32.2 Å². The van der Waals surface area contributed by atoms with Crippen molar-refractivity contribution in [3.8, 4) is 0 Å². The molecule has 2 amide bonds. The van der Waals surface area contributed by atoms with Crippen molar-refractivity contribution in [2.24, 2.45) is 0 Å². The number of nitrogens with one attached hydrogen (secondary N) is 2. The van der Waals surface area contributed by atoms with Crippen LogP contribution in [0.2, 0.25) is 0 Å². The Hall–Kier alpha value is -2.08. The molecule has 1 atom stereocenters. The summed E-state index contributed by atoms with van der Waals surface area (Å²) >= 11 is 0. The molecule has 0 radical (unpaired) electrons. The molecule has 2 rings (SSSR count). The molecule has 1 aromatic heterocycles. The van der Waals surface area contributed by atoms with Gasteiger partial charge in [-0.25, -0.2) is 0 Å². The van der Waals surface area contributed by atoms with E-state index < -0.39 is 0 Å². The Labute approximate surface area is 123 Å². The molecular weight excluding hydrogens is 272 g/mol. The van der Waals surface area contributed by atoms with E-state index in [0.717, 1.165) is 19.4 Å². The first-order valence-electron chi connectivity index (χ1n) is 7.12. The SMILES string of the molecule is O=C(C=Cc1ccco1)NCCC(=O)NCC1CCCO1. The van der Waals surface area contributed by atoms with Crippen LogP contribution >= 0.6 is 0 Å². The molecule has 1 aromatic rings. The quantitative estimate of drug-likeness (QED) is 0.737. The van der Waals surface area contributed by atoms with E-state index in [0.29, 0.717) is 18.8 Å². The summed E-state index contributed by atoms with van der Waals surface area (Å²) < 4.78 is 10.5. The van der Waals surface area contributed by atoms with Crippen molar-refractivity contribution in [2.75, 3.05) is 19.7 Å². The lowest BCUT2D eigenvalue weighted by Gasteiger charge is -2.10. The Morgan fingerprint density at radius 3 is 3.00 bits per heavy atom. The third kappa shape index (κ3) is 5.83. The highest BCUT2D eigenvalue weighted by Gasteiger charge is 2.15. The first-order valence-corrected chi connectivity index (χ1v) is 7.12. The zero-order valence-electron chi connectivity index (χ0n) is 11.8. The molecule has 1 aliphatic heterocycles. The molecule has 2 heterocycles. The predicted molar refractivity (Wildman–Crippen MR) is 77.4 cm³/mol. The van der Waals surface area contributed by atoms with Gasteiger partial charge < -0.3 is 19.8 Å². The number of carbonyl (C=O) groups excluding carboxylic acids is 2. The summed E-state index contributed by atoms with van der Waals surface area (Å²) in [5.74, 6) is 0.276. The lowest BCUT2D eigenvalue weighted by molar-refractivity contribution is -0.121. The normalized spacial score (nSPS) is 18.0. The second-order valence-electron chi connectivity index (χ2n) is 4.83. The van der Waals surface area contributed by atoms with Gasteiger partial charge in [0.2, 0.25) is 11.8 Å². The smallest absolute Gasteiger partial charge is 0.244 e. The Balaban J connectivity index is 1.55. The second-order valence-corrected chi connectivity index (χ2v) is 4.83. The Bertz CT molecular complexity index is 476. The summed E-state index contributed by atoms with van der Waals surface area (Å²) in [5.41, 5.74) is 0. The average molecular weight is 292 g/mol. The van der Waals surface area contributed by atoms with Crippen LogP contribution in [0, 0.1) is 0 Å². The van der Waals surface area contributed by atoms with Crippen LogP contribution in [0.5, 0.6) is 0 Å². The maximum absolute atomic E-state index is 11.6. The number of furan rings is 1. The molecule has 1 saturated heterocycles. The van der Waals surface area contributed by atoms with Crippen molar-refractivity contribution in [3.05, 3.63) is 30.2 Å². The molecular formula is C15H20N2O4. The van der Waals surface area contributed by atoms with Crippen molar-refractivity contribution in [2.45, 2.75) is 25.4 Å². The van der Waals surface area contributed by atoms with Gasteiger partial charge in [-0.1, -0.05) is 0 Å². The van der Waals surface area contributed by atoms with E-state index >= 15 is 0 Å². The van der Waals surface area contributed by atoms with Crippen LogP contribution in [0.4, 0.5) is 0 Å². The van der Waals surface area contributed by atoms with Gasteiger partial charge >= 0.3 is 0 Å². The van der Waals surface area contributed by atoms with Gasteiger partial charge in [-0.3, -0.25) is 9.59 Å². The number of ether oxygens (including phenoxy) is 1. The Kier molecular flexibility index (Phi) is 6.02. The zero-order chi connectivity index (χ0) is 14.9. The highest BCUT2D eigenvalue weighted by atomic mass is 16.5. The summed E-state index contributed by atoms with van der Waals surface area (Å²) in [7, 11) is 0. The van der Waals surface area contributed by atoms with Gasteiger partial charge in [-0.05, 0) is 31.1 Å². The molecule has 1 unspecified atom stereocenters. The number of hydrogen-bond acceptors (Lipinski definition) is 4. The van der Waals surface area contributed by atoms with E-state index in [-0.39, 0.29) is 24.3 Å². The van der Waals surface area contributed by atoms with E-state index in [2.05, 4.69) is 10.6 Å². The minimum atomic E-state index is -0.252. The molecule has 0 aromatic carbocycles. The highest BCUT2D eigenvalue weighted by molar-refractivity contribution is 5.91. The second kappa shape index (κ2) is 8.26. The number of amides is 2. The molecule has 1 fully saturated rings. The summed E-state index contributed by atoms with van der Waals surface area (Å²) in [4.78, 5) is 23.1. The number of rotatable bonds is 7. The molecule has 0 aliphatic carbocycles. The molecule has 0 bridgehead atoms. The summed E-state index contributed by atoms with van der Waals surface area (Å²) in [5, 5.41) is 5.45. The van der Waals surface area contributed by atoms with E-state index in [4.69, 9.17) is 9.15 Å². The standard InChI is InChI=1S/C15H20N2O4/c18-14(6-5-12-3-1-9-20-12)16-8-7-15(19)17-11-13-4-2-10-21-13/h1,3,5-6,9,13H,2,4,7-8,10-11H2,(H,16,18)(H,17,19). The Morgan fingerprint density at radius 2 is 2.29 bits per heavy atom. The zero-order valence-corrected chi connectivity index (χ0v) is 11.8. The summed E-state index contributed by atoms with van der Waals surface area (Å²) in [6.07, 6.45) is 6.94. The maximum Gasteiger partial charge on any atom is 0.244 e. The van der Waals surface area contributed by atoms with E-state index in [1.165, 1.54) is 12.3 Å². The van der Waals surface area contributed by atoms with Gasteiger partial charge in [0.25, 0.3) is 0 Å². The van der Waals surface area contributed by atoms with E-state index in [1.54, 1.807) is 18.2 Å². The molecule has 6 nitrogen and oxygen atoms in total. The minimum absolute atomic E-state index is 0.0826. The van der Waals surface area contributed by atoms with Gasteiger partial charge in [0.15, 0.2) is 0 Å². The van der Waals surface area contributed by atoms with Crippen molar-refractivity contribution in [1.82, 2.24) is 10.6 Å². The predicted octanol–water partition coefficient (Wildman–Crippen LogP) is 1.09. The van der Waals surface area contributed by atoms with E-state index in [9.17, 15) is 9.59 Å². The minimum Gasteiger partial charge on any atom is -0.465 e. The van der Waals surface area contributed by atoms with Crippen molar-refractivity contribution >= 4 is 17.9 Å². The first kappa shape index (κ1) is 15.3. The third-order valence-corrected chi connectivity index (χ3v) is 3.14. The topological polar surface area (TPSA) is 80.6 Å². The van der Waals surface area contributed by atoms with Crippen molar-refractivity contribution < 1.29 is 18.7 Å². The molecule has 21 heavy (non-hydrogen) atoms. The highest BCUT2D eigenvalue weighted by Crippen LogP contribution is 2.10. The van der Waals surface area contributed by atoms with Gasteiger partial charge in [0.1, 0.15) is 5.76 Å². The van der Waals surface area contributed by atoms with Crippen molar-refractivity contribution in [3.63, 3.8) is 0 Å². The lowest BCUT2D eigenvalue weighted by Crippen LogP contribution is -2.34. The molecule has 6 heteroatoms. The third-order valence-electron chi connectivity index (χ3n) is 3.14. The molecule has 0 spiro atoms. The first-order chi connectivity index (χ1) is 10.2. The monoisotopic (exact) mass is 292 g/mol. The van der Waals surface area contributed by atoms with Crippen LogP contribution in [-0.4, -0.2) is 37.6 Å². The van der Waals surface area contributed by atoms with Crippen LogP contribution in [-0.2, 0) is 14.3 Å². The summed E-state index contributed by atoms with van der Waals surface area (Å²) in [6, 6.07) is 3.50. The number of carbonyl (C=O) groups is 2. The fourth-order valence-corrected chi connectivity index (χ4v) is 2.02. The van der Waals surface area contributed by atoms with Crippen molar-refractivity contribution in [1.29, 1.82) is 0 Å². The molecule has 1 aliphatic rings. The fourth-order valence-electron chi connectivity index (χ4n) is 2.02. The van der Waals surface area contributed by atoms with E-state index in [1.807, 2.05) is 0 Å². The van der Waals surface area contributed by atoms with Gasteiger partial charge in [-0.15, -0.1) is 0 Å². The molecule has 114 valence electrons. The van der Waals surface area contributed by atoms with Crippen LogP contribution in [0.25, 0.3) is 6.08 Å². The maximum atomic E-state index is 11.6. The largest absolute Gasteiger partial charge is 0.465 e. The number of hydrogen-bond donors (Lipinski definition) is 2. The van der Waals surface area contributed by atoms with Crippen LogP contribution < -0.4 is 10.6 Å². The fraction of sp³-hybridized carbons (Fsp3) is 0.467. The van der Waals surface area contributed by atoms with Crippen LogP contribution in [0.1, 0.15) is 25.0 Å². The van der Waals surface area contributed by atoms with Crippen LogP contribution in [0.3, 0.4) is 0 Å². The van der Waals surface area contributed by atoms with Gasteiger partial charge in [0.05, 0.1) is 12.4 Å². The molecule has 0 saturated carbocycles. The summed E-state index contributed by atoms with van der Waals surface area (Å²) in [6.45, 7) is 1.63. The molecule has 2 N–H and O–H groups in total. The lowest BCUT2D eigenvalue weighted by atomic mass is 10.2.